The molecule has 0 spiro atoms. The Bertz CT molecular complexity index is 1040. The molecule has 0 radical (unpaired) electrons. The van der Waals surface area contributed by atoms with E-state index in [0.717, 1.165) is 0 Å². The highest BCUT2D eigenvalue weighted by Gasteiger charge is 2.30. The number of amides is 1. The smallest absolute Gasteiger partial charge is 0.251 e. The number of hydrogen-bond acceptors (Lipinski definition) is 7. The number of benzene rings is 1. The number of carbonyl (C=O) groups is 1. The van der Waals surface area contributed by atoms with Gasteiger partial charge < -0.3 is 19.4 Å². The Labute approximate surface area is 173 Å². The maximum absolute atomic E-state index is 13.0. The van der Waals surface area contributed by atoms with Gasteiger partial charge in [-0.2, -0.15) is 9.40 Å². The molecule has 1 aromatic heterocycles. The van der Waals surface area contributed by atoms with Crippen LogP contribution < -0.4 is 10.1 Å². The molecule has 0 saturated carbocycles. The van der Waals surface area contributed by atoms with E-state index in [9.17, 15) is 13.2 Å². The van der Waals surface area contributed by atoms with E-state index in [0.29, 0.717) is 36.8 Å². The minimum atomic E-state index is -3.81. The number of sulfonamides is 1. The van der Waals surface area contributed by atoms with Crippen LogP contribution in [0.25, 0.3) is 0 Å². The van der Waals surface area contributed by atoms with Gasteiger partial charge in [-0.15, -0.1) is 0 Å². The molecule has 10 nitrogen and oxygen atoms in total. The molecule has 0 unspecified atom stereocenters. The van der Waals surface area contributed by atoms with Gasteiger partial charge in [-0.05, 0) is 30.4 Å². The molecule has 1 aliphatic rings. The average Bonchev–Trinajstić information content (AvgIpc) is 3.06. The second-order valence-corrected chi connectivity index (χ2v) is 8.69. The van der Waals surface area contributed by atoms with Crippen molar-refractivity contribution in [3.63, 3.8) is 0 Å². The van der Waals surface area contributed by atoms with Crippen molar-refractivity contribution in [3.05, 3.63) is 34.4 Å². The fourth-order valence-electron chi connectivity index (χ4n) is 2.94. The van der Waals surface area contributed by atoms with Crippen LogP contribution in [0.3, 0.4) is 0 Å². The van der Waals surface area contributed by atoms with E-state index in [1.54, 1.807) is 11.6 Å². The number of nitrogens with zero attached hydrogens (tertiary/aromatic N) is 3. The van der Waals surface area contributed by atoms with Gasteiger partial charge in [0.05, 0.1) is 20.3 Å². The zero-order valence-corrected chi connectivity index (χ0v) is 17.8. The van der Waals surface area contributed by atoms with E-state index in [1.807, 2.05) is 0 Å². The van der Waals surface area contributed by atoms with E-state index in [1.165, 1.54) is 29.6 Å². The van der Waals surface area contributed by atoms with Crippen LogP contribution in [0.1, 0.15) is 16.2 Å². The highest BCUT2D eigenvalue weighted by molar-refractivity contribution is 7.89. The quantitative estimate of drug-likeness (QED) is 0.600. The van der Waals surface area contributed by atoms with Crippen LogP contribution in [0.5, 0.6) is 5.75 Å². The summed E-state index contributed by atoms with van der Waals surface area (Å²) in [5.41, 5.74) is 0.230. The van der Waals surface area contributed by atoms with Crippen LogP contribution in [-0.2, 0) is 28.2 Å². The molecule has 29 heavy (non-hydrogen) atoms. The van der Waals surface area contributed by atoms with E-state index >= 15 is 0 Å². The van der Waals surface area contributed by atoms with E-state index < -0.39 is 10.0 Å². The van der Waals surface area contributed by atoms with Gasteiger partial charge in [0.15, 0.2) is 4.77 Å². The number of ether oxygens (including phenoxy) is 2. The van der Waals surface area contributed by atoms with Crippen molar-refractivity contribution >= 4 is 28.1 Å². The first kappa shape index (κ1) is 21.4. The lowest BCUT2D eigenvalue weighted by Crippen LogP contribution is -2.40. The largest absolute Gasteiger partial charge is 0.495 e. The first-order valence-corrected chi connectivity index (χ1v) is 10.8. The molecule has 1 saturated heterocycles. The maximum Gasteiger partial charge on any atom is 0.251 e. The minimum Gasteiger partial charge on any atom is -0.495 e. The SMILES string of the molecule is COc1ccc(C(=O)NCCc2n[nH]c(=S)n2C)cc1S(=O)(=O)N1CCOCC1. The Balaban J connectivity index is 1.76. The van der Waals surface area contributed by atoms with Crippen molar-refractivity contribution in [1.82, 2.24) is 24.4 Å². The summed E-state index contributed by atoms with van der Waals surface area (Å²) in [6, 6.07) is 4.36. The van der Waals surface area contributed by atoms with Gasteiger partial charge in [-0.1, -0.05) is 0 Å². The fourth-order valence-corrected chi connectivity index (χ4v) is 4.68. The average molecular weight is 442 g/mol. The number of nitrogens with one attached hydrogen (secondary N) is 2. The molecule has 1 fully saturated rings. The Hall–Kier alpha value is -2.28. The molecule has 1 aliphatic heterocycles. The summed E-state index contributed by atoms with van der Waals surface area (Å²) >= 11 is 5.06. The second kappa shape index (κ2) is 9.03. The molecule has 0 bridgehead atoms. The van der Waals surface area contributed by atoms with Gasteiger partial charge in [0.25, 0.3) is 5.91 Å². The first-order valence-electron chi connectivity index (χ1n) is 8.99. The zero-order valence-electron chi connectivity index (χ0n) is 16.2. The monoisotopic (exact) mass is 441 g/mol. The Morgan fingerprint density at radius 1 is 1.38 bits per heavy atom. The molecule has 3 rings (SSSR count). The van der Waals surface area contributed by atoms with Crippen LogP contribution in [0.2, 0.25) is 0 Å². The Morgan fingerprint density at radius 2 is 2.10 bits per heavy atom. The highest BCUT2D eigenvalue weighted by atomic mass is 32.2. The number of methoxy groups -OCH3 is 1. The third-order valence-electron chi connectivity index (χ3n) is 4.62. The highest BCUT2D eigenvalue weighted by Crippen LogP contribution is 2.28. The van der Waals surface area contributed by atoms with Gasteiger partial charge >= 0.3 is 0 Å². The van der Waals surface area contributed by atoms with Gasteiger partial charge in [0.2, 0.25) is 10.0 Å². The Kier molecular flexibility index (Phi) is 6.67. The molecule has 1 amide bonds. The second-order valence-electron chi connectivity index (χ2n) is 6.39. The standard InChI is InChI=1S/C17H23N5O5S2/c1-21-15(19-20-17(21)28)5-6-18-16(23)12-3-4-13(26-2)14(11-12)29(24,25)22-7-9-27-10-8-22/h3-4,11H,5-10H2,1-2H3,(H,18,23)(H,20,28). The summed E-state index contributed by atoms with van der Waals surface area (Å²) in [4.78, 5) is 12.5. The van der Waals surface area contributed by atoms with Crippen LogP contribution in [0, 0.1) is 4.77 Å². The van der Waals surface area contributed by atoms with Crippen molar-refractivity contribution < 1.29 is 22.7 Å². The molecule has 2 heterocycles. The predicted octanol–water partition coefficient (Wildman–Crippen LogP) is 0.480. The minimum absolute atomic E-state index is 0.0380. The Morgan fingerprint density at radius 3 is 2.72 bits per heavy atom. The number of hydrogen-bond donors (Lipinski definition) is 2. The number of H-pyrrole nitrogens is 1. The van der Waals surface area contributed by atoms with Crippen LogP contribution in [-0.4, -0.2) is 73.4 Å². The topological polar surface area (TPSA) is 119 Å². The van der Waals surface area contributed by atoms with Gasteiger partial charge in [-0.3, -0.25) is 9.89 Å². The summed E-state index contributed by atoms with van der Waals surface area (Å²) in [5, 5.41) is 9.54. The first-order chi connectivity index (χ1) is 13.8. The molecule has 2 N–H and O–H groups in total. The van der Waals surface area contributed by atoms with E-state index in [2.05, 4.69) is 15.5 Å². The van der Waals surface area contributed by atoms with Crippen molar-refractivity contribution in [3.8, 4) is 5.75 Å². The zero-order chi connectivity index (χ0) is 21.0. The fraction of sp³-hybridized carbons (Fsp3) is 0.471. The molecule has 0 aliphatic carbocycles. The molecule has 1 aromatic carbocycles. The molecule has 158 valence electrons. The van der Waals surface area contributed by atoms with Crippen molar-refractivity contribution in [2.45, 2.75) is 11.3 Å². The van der Waals surface area contributed by atoms with Crippen molar-refractivity contribution in [2.75, 3.05) is 40.0 Å². The molecular weight excluding hydrogens is 418 g/mol. The van der Waals surface area contributed by atoms with Crippen LogP contribution >= 0.6 is 12.2 Å². The van der Waals surface area contributed by atoms with E-state index in [-0.39, 0.29) is 35.2 Å². The third kappa shape index (κ3) is 4.66. The summed E-state index contributed by atoms with van der Waals surface area (Å²) in [6.45, 7) is 1.50. The predicted molar refractivity (Wildman–Crippen MR) is 107 cm³/mol. The normalized spacial score (nSPS) is 15.2. The summed E-state index contributed by atoms with van der Waals surface area (Å²) in [7, 11) is -0.627. The lowest BCUT2D eigenvalue weighted by atomic mass is 10.2. The number of rotatable bonds is 7. The summed E-state index contributed by atoms with van der Waals surface area (Å²) in [5.74, 6) is 0.512. The lowest BCUT2D eigenvalue weighted by molar-refractivity contribution is 0.0729. The lowest BCUT2D eigenvalue weighted by Gasteiger charge is -2.26. The van der Waals surface area contributed by atoms with Gasteiger partial charge in [0.1, 0.15) is 16.5 Å². The van der Waals surface area contributed by atoms with Gasteiger partial charge in [-0.25, -0.2) is 8.42 Å². The molecule has 12 heteroatoms. The van der Waals surface area contributed by atoms with Crippen molar-refractivity contribution in [1.29, 1.82) is 0 Å². The van der Waals surface area contributed by atoms with Gasteiger partial charge in [0, 0.05) is 38.7 Å². The number of aromatic nitrogens is 3. The number of carbonyl (C=O) groups excluding carboxylic acids is 1. The number of morpholine rings is 1. The molecule has 2 aromatic rings. The summed E-state index contributed by atoms with van der Waals surface area (Å²) in [6.07, 6.45) is 0.477. The molecular formula is C17H23N5O5S2. The van der Waals surface area contributed by atoms with Crippen LogP contribution in [0.4, 0.5) is 0 Å². The third-order valence-corrected chi connectivity index (χ3v) is 6.91. The van der Waals surface area contributed by atoms with Crippen LogP contribution in [0.15, 0.2) is 23.1 Å². The maximum atomic E-state index is 13.0. The summed E-state index contributed by atoms with van der Waals surface area (Å²) < 4.78 is 40.0. The van der Waals surface area contributed by atoms with E-state index in [4.69, 9.17) is 21.7 Å². The molecule has 0 atom stereocenters. The van der Waals surface area contributed by atoms with Crippen molar-refractivity contribution in [2.24, 2.45) is 7.05 Å². The number of aromatic amines is 1.